The molecule has 7 nitrogen and oxygen atoms in total. The van der Waals surface area contributed by atoms with Gasteiger partial charge in [-0.05, 0) is 49.2 Å². The van der Waals surface area contributed by atoms with Gasteiger partial charge in [0.25, 0.3) is 5.91 Å². The summed E-state index contributed by atoms with van der Waals surface area (Å²) in [5.74, 6) is 0.00416. The summed E-state index contributed by atoms with van der Waals surface area (Å²) in [5, 5.41) is 2.97. The molecule has 0 spiro atoms. The molecular weight excluding hydrogens is 356 g/mol. The van der Waals surface area contributed by atoms with Gasteiger partial charge < -0.3 is 24.4 Å². The third-order valence-electron chi connectivity index (χ3n) is 5.52. The second-order valence-electron chi connectivity index (χ2n) is 7.31. The summed E-state index contributed by atoms with van der Waals surface area (Å²) in [6.45, 7) is 3.14. The van der Waals surface area contributed by atoms with E-state index in [-0.39, 0.29) is 18.0 Å². The zero-order chi connectivity index (χ0) is 19.5. The maximum atomic E-state index is 12.8. The fourth-order valence-corrected chi connectivity index (χ4v) is 3.98. The highest BCUT2D eigenvalue weighted by Crippen LogP contribution is 2.32. The van der Waals surface area contributed by atoms with E-state index in [1.807, 2.05) is 24.2 Å². The molecule has 2 aliphatic rings. The Labute approximate surface area is 164 Å². The lowest BCUT2D eigenvalue weighted by Gasteiger charge is -2.27. The molecule has 4 rings (SSSR count). The van der Waals surface area contributed by atoms with Gasteiger partial charge in [0, 0.05) is 49.8 Å². The third-order valence-corrected chi connectivity index (χ3v) is 5.52. The number of urea groups is 1. The molecule has 3 amide bonds. The lowest BCUT2D eigenvalue weighted by atomic mass is 10.1. The first-order valence-corrected chi connectivity index (χ1v) is 9.79. The number of hydrogen-bond acceptors (Lipinski definition) is 3. The monoisotopic (exact) mass is 382 g/mol. The van der Waals surface area contributed by atoms with Crippen molar-refractivity contribution in [2.45, 2.75) is 18.9 Å². The van der Waals surface area contributed by atoms with Crippen LogP contribution >= 0.6 is 0 Å². The smallest absolute Gasteiger partial charge is 0.322 e. The van der Waals surface area contributed by atoms with Crippen LogP contribution in [0.15, 0.2) is 42.6 Å². The van der Waals surface area contributed by atoms with Crippen LogP contribution in [0.3, 0.4) is 0 Å². The highest BCUT2D eigenvalue weighted by molar-refractivity contribution is 5.95. The molecule has 2 aromatic rings. The van der Waals surface area contributed by atoms with Crippen LogP contribution in [-0.2, 0) is 11.8 Å². The molecule has 0 saturated carbocycles. The van der Waals surface area contributed by atoms with Gasteiger partial charge in [-0.25, -0.2) is 4.79 Å². The second kappa shape index (κ2) is 8.06. The van der Waals surface area contributed by atoms with Gasteiger partial charge in [0.15, 0.2) is 0 Å². The SMILES string of the molecule is Cn1cccc1C1CCCN1C(=O)Nc1ccc(C(=O)N2CCOCC2)cc1. The number of carbonyl (C=O) groups excluding carboxylic acids is 2. The molecule has 0 radical (unpaired) electrons. The number of aryl methyl sites for hydroxylation is 1. The van der Waals surface area contributed by atoms with Gasteiger partial charge in [0.1, 0.15) is 0 Å². The summed E-state index contributed by atoms with van der Waals surface area (Å²) in [4.78, 5) is 29.0. The Balaban J connectivity index is 1.40. The van der Waals surface area contributed by atoms with Gasteiger partial charge in [0.2, 0.25) is 0 Å². The quantitative estimate of drug-likeness (QED) is 0.888. The predicted molar refractivity (Wildman–Crippen MR) is 106 cm³/mol. The maximum absolute atomic E-state index is 12.8. The number of benzene rings is 1. The van der Waals surface area contributed by atoms with Crippen LogP contribution in [0.4, 0.5) is 10.5 Å². The van der Waals surface area contributed by atoms with Crippen molar-refractivity contribution in [2.24, 2.45) is 7.05 Å². The number of likely N-dealkylation sites (tertiary alicyclic amines) is 1. The van der Waals surface area contributed by atoms with Crippen molar-refractivity contribution in [3.05, 3.63) is 53.9 Å². The molecule has 1 aromatic carbocycles. The molecule has 1 N–H and O–H groups in total. The number of aromatic nitrogens is 1. The number of carbonyl (C=O) groups is 2. The molecule has 0 aliphatic carbocycles. The largest absolute Gasteiger partial charge is 0.378 e. The van der Waals surface area contributed by atoms with Crippen LogP contribution in [0.25, 0.3) is 0 Å². The molecule has 2 aliphatic heterocycles. The number of rotatable bonds is 3. The van der Waals surface area contributed by atoms with Gasteiger partial charge in [-0.2, -0.15) is 0 Å². The van der Waals surface area contributed by atoms with Crippen LogP contribution in [0, 0.1) is 0 Å². The van der Waals surface area contributed by atoms with Crippen molar-refractivity contribution in [1.82, 2.24) is 14.4 Å². The molecule has 7 heteroatoms. The zero-order valence-electron chi connectivity index (χ0n) is 16.1. The first kappa shape index (κ1) is 18.6. The minimum absolute atomic E-state index is 0.00416. The minimum atomic E-state index is -0.101. The Bertz CT molecular complexity index is 840. The van der Waals surface area contributed by atoms with E-state index in [4.69, 9.17) is 4.74 Å². The second-order valence-corrected chi connectivity index (χ2v) is 7.31. The van der Waals surface area contributed by atoms with Crippen LogP contribution < -0.4 is 5.32 Å². The van der Waals surface area contributed by atoms with Crippen molar-refractivity contribution in [2.75, 3.05) is 38.2 Å². The molecule has 0 bridgehead atoms. The molecule has 1 unspecified atom stereocenters. The number of nitrogens with zero attached hydrogens (tertiary/aromatic N) is 3. The summed E-state index contributed by atoms with van der Waals surface area (Å²) in [6.07, 6.45) is 3.97. The van der Waals surface area contributed by atoms with Crippen molar-refractivity contribution in [3.8, 4) is 0 Å². The Hall–Kier alpha value is -2.80. The minimum Gasteiger partial charge on any atom is -0.378 e. The number of anilines is 1. The lowest BCUT2D eigenvalue weighted by molar-refractivity contribution is 0.0303. The molecule has 2 saturated heterocycles. The standard InChI is InChI=1S/C21H26N4O3/c1-23-10-2-4-18(23)19-5-3-11-25(19)21(27)22-17-8-6-16(7-9-17)20(26)24-12-14-28-15-13-24/h2,4,6-10,19H,3,5,11-15H2,1H3,(H,22,27). The fraction of sp³-hybridized carbons (Fsp3) is 0.429. The summed E-state index contributed by atoms with van der Waals surface area (Å²) in [7, 11) is 2.01. The lowest BCUT2D eigenvalue weighted by Crippen LogP contribution is -2.40. The molecule has 148 valence electrons. The highest BCUT2D eigenvalue weighted by Gasteiger charge is 2.31. The molecule has 3 heterocycles. The Morgan fingerprint density at radius 2 is 1.82 bits per heavy atom. The highest BCUT2D eigenvalue weighted by atomic mass is 16.5. The zero-order valence-corrected chi connectivity index (χ0v) is 16.1. The van der Waals surface area contributed by atoms with Gasteiger partial charge in [0.05, 0.1) is 19.3 Å². The van der Waals surface area contributed by atoms with Crippen molar-refractivity contribution in [1.29, 1.82) is 0 Å². The van der Waals surface area contributed by atoms with Crippen LogP contribution in [0.1, 0.15) is 34.9 Å². The van der Waals surface area contributed by atoms with E-state index in [9.17, 15) is 9.59 Å². The Morgan fingerprint density at radius 1 is 1.07 bits per heavy atom. The average molecular weight is 382 g/mol. The van der Waals surface area contributed by atoms with E-state index in [0.717, 1.165) is 25.1 Å². The molecule has 1 aromatic heterocycles. The number of ether oxygens (including phenoxy) is 1. The number of amides is 3. The third kappa shape index (κ3) is 3.75. The topological polar surface area (TPSA) is 66.8 Å². The van der Waals surface area contributed by atoms with E-state index >= 15 is 0 Å². The summed E-state index contributed by atoms with van der Waals surface area (Å²) in [5.41, 5.74) is 2.47. The molecule has 2 fully saturated rings. The molecule has 28 heavy (non-hydrogen) atoms. The van der Waals surface area contributed by atoms with Gasteiger partial charge >= 0.3 is 6.03 Å². The Morgan fingerprint density at radius 3 is 2.50 bits per heavy atom. The first-order valence-electron chi connectivity index (χ1n) is 9.79. The number of hydrogen-bond donors (Lipinski definition) is 1. The summed E-state index contributed by atoms with van der Waals surface area (Å²) < 4.78 is 7.36. The average Bonchev–Trinajstić information content (AvgIpc) is 3.37. The summed E-state index contributed by atoms with van der Waals surface area (Å²) >= 11 is 0. The maximum Gasteiger partial charge on any atom is 0.322 e. The number of nitrogens with one attached hydrogen (secondary N) is 1. The normalized spacial score (nSPS) is 19.7. The van der Waals surface area contributed by atoms with Crippen LogP contribution in [0.5, 0.6) is 0 Å². The van der Waals surface area contributed by atoms with E-state index in [1.54, 1.807) is 29.2 Å². The Kier molecular flexibility index (Phi) is 5.34. The predicted octanol–water partition coefficient (Wildman–Crippen LogP) is 2.87. The molecule has 1 atom stereocenters. The van der Waals surface area contributed by atoms with E-state index < -0.39 is 0 Å². The van der Waals surface area contributed by atoms with Crippen LogP contribution in [-0.4, -0.2) is 59.2 Å². The number of morpholine rings is 1. The van der Waals surface area contributed by atoms with Gasteiger partial charge in [-0.1, -0.05) is 0 Å². The van der Waals surface area contributed by atoms with Gasteiger partial charge in [-0.15, -0.1) is 0 Å². The van der Waals surface area contributed by atoms with E-state index in [2.05, 4.69) is 16.0 Å². The first-order chi connectivity index (χ1) is 13.6. The van der Waals surface area contributed by atoms with Crippen molar-refractivity contribution >= 4 is 17.6 Å². The van der Waals surface area contributed by atoms with Gasteiger partial charge in [-0.3, -0.25) is 4.79 Å². The van der Waals surface area contributed by atoms with Crippen LogP contribution in [0.2, 0.25) is 0 Å². The fourth-order valence-electron chi connectivity index (χ4n) is 3.98. The summed E-state index contributed by atoms with van der Waals surface area (Å²) in [6, 6.07) is 11.2. The molecular formula is C21H26N4O3. The van der Waals surface area contributed by atoms with E-state index in [1.165, 1.54) is 0 Å². The van der Waals surface area contributed by atoms with Crippen molar-refractivity contribution in [3.63, 3.8) is 0 Å². The van der Waals surface area contributed by atoms with Crippen molar-refractivity contribution < 1.29 is 14.3 Å². The van der Waals surface area contributed by atoms with E-state index in [0.29, 0.717) is 37.6 Å².